The lowest BCUT2D eigenvalue weighted by Gasteiger charge is -2.47. The Labute approximate surface area is 160 Å². The molecule has 0 radical (unpaired) electrons. The van der Waals surface area contributed by atoms with Crippen LogP contribution in [0.15, 0.2) is 0 Å². The van der Waals surface area contributed by atoms with Crippen LogP contribution in [0, 0.1) is 0 Å². The highest BCUT2D eigenvalue weighted by molar-refractivity contribution is 5.73. The van der Waals surface area contributed by atoms with Gasteiger partial charge < -0.3 is 54.6 Å². The minimum absolute atomic E-state index is 0.383. The van der Waals surface area contributed by atoms with E-state index in [1.807, 2.05) is 0 Å². The number of ether oxygens (including phenoxy) is 4. The van der Waals surface area contributed by atoms with E-state index in [0.717, 1.165) is 0 Å². The van der Waals surface area contributed by atoms with Gasteiger partial charge in [0.15, 0.2) is 12.6 Å². The molecule has 0 aromatic carbocycles. The number of carbonyl (C=O) groups is 2. The van der Waals surface area contributed by atoms with Crippen LogP contribution in [0.1, 0.15) is 13.8 Å². The topological polar surface area (TPSA) is 184 Å². The molecule has 0 bridgehead atoms. The largest absolute Gasteiger partial charge is 0.394 e. The maximum atomic E-state index is 11.6. The van der Waals surface area contributed by atoms with Gasteiger partial charge in [-0.15, -0.1) is 0 Å². The number of aliphatic hydroxyl groups is 5. The lowest BCUT2D eigenvalue weighted by atomic mass is 9.95. The van der Waals surface area contributed by atoms with Gasteiger partial charge >= 0.3 is 0 Å². The van der Waals surface area contributed by atoms with Gasteiger partial charge in [-0.3, -0.25) is 4.79 Å². The second-order valence-corrected chi connectivity index (χ2v) is 6.72. The fourth-order valence-electron chi connectivity index (χ4n) is 3.18. The van der Waals surface area contributed by atoms with Gasteiger partial charge in [0, 0.05) is 6.92 Å². The molecule has 0 saturated carbocycles. The molecule has 0 aromatic heterocycles. The van der Waals surface area contributed by atoms with Crippen molar-refractivity contribution in [2.45, 2.75) is 75.2 Å². The Morgan fingerprint density at radius 3 is 2.32 bits per heavy atom. The Morgan fingerprint density at radius 1 is 1.07 bits per heavy atom. The van der Waals surface area contributed by atoms with E-state index in [1.165, 1.54) is 13.8 Å². The number of hydrogen-bond donors (Lipinski definition) is 6. The van der Waals surface area contributed by atoms with Crippen LogP contribution >= 0.6 is 0 Å². The Kier molecular flexibility index (Phi) is 8.24. The number of hydrogen-bond acceptors (Lipinski definition) is 11. The predicted molar refractivity (Wildman–Crippen MR) is 88.6 cm³/mol. The average molecular weight is 409 g/mol. The Morgan fingerprint density at radius 2 is 1.75 bits per heavy atom. The third-order valence-corrected chi connectivity index (χ3v) is 4.65. The number of amides is 1. The fraction of sp³-hybridized carbons (Fsp3) is 0.875. The van der Waals surface area contributed by atoms with Crippen LogP contribution in [0.2, 0.25) is 0 Å². The van der Waals surface area contributed by atoms with Crippen LogP contribution in [0.3, 0.4) is 0 Å². The van der Waals surface area contributed by atoms with Crippen molar-refractivity contribution in [3.05, 3.63) is 0 Å². The normalized spacial score (nSPS) is 44.1. The standard InChI is InChI=1S/C16H27NO11/c1-6-10(21)12(23)13(24)16(26-6)28-14-9(17-7(2)20)15(25-4-3-18)27-8(5-19)11(14)22/h3,6,8-16,19,21-24H,4-5H2,1-2H3,(H,17,20). The molecule has 2 rings (SSSR count). The zero-order chi connectivity index (χ0) is 21.0. The van der Waals surface area contributed by atoms with Gasteiger partial charge in [0.1, 0.15) is 55.6 Å². The van der Waals surface area contributed by atoms with E-state index in [1.54, 1.807) is 0 Å². The smallest absolute Gasteiger partial charge is 0.217 e. The molecule has 12 heteroatoms. The quantitative estimate of drug-likeness (QED) is 0.225. The number of carbonyl (C=O) groups excluding carboxylic acids is 2. The zero-order valence-electron chi connectivity index (χ0n) is 15.5. The molecule has 0 spiro atoms. The molecule has 0 aromatic rings. The summed E-state index contributed by atoms with van der Waals surface area (Å²) in [6, 6.07) is -1.13. The molecule has 2 fully saturated rings. The van der Waals surface area contributed by atoms with Crippen molar-refractivity contribution in [2.75, 3.05) is 13.2 Å². The van der Waals surface area contributed by atoms with Gasteiger partial charge in [-0.25, -0.2) is 0 Å². The molecule has 2 heterocycles. The summed E-state index contributed by atoms with van der Waals surface area (Å²) in [5, 5.41) is 52.3. The lowest BCUT2D eigenvalue weighted by Crippen LogP contribution is -2.67. The number of rotatable bonds is 7. The van der Waals surface area contributed by atoms with Crippen LogP contribution in [0.5, 0.6) is 0 Å². The SMILES string of the molecule is CC(=O)NC1C(OCC=O)OC(CO)C(O)C1OC1OC(C)C(O)C(O)C1O. The summed E-state index contributed by atoms with van der Waals surface area (Å²) in [4.78, 5) is 22.2. The van der Waals surface area contributed by atoms with E-state index in [2.05, 4.69) is 5.32 Å². The molecule has 28 heavy (non-hydrogen) atoms. The van der Waals surface area contributed by atoms with Crippen LogP contribution in [-0.2, 0) is 28.5 Å². The first-order valence-electron chi connectivity index (χ1n) is 8.83. The van der Waals surface area contributed by atoms with Gasteiger partial charge in [0.2, 0.25) is 5.91 Å². The van der Waals surface area contributed by atoms with Gasteiger partial charge in [-0.2, -0.15) is 0 Å². The number of aliphatic hydroxyl groups excluding tert-OH is 5. The summed E-state index contributed by atoms with van der Waals surface area (Å²) >= 11 is 0. The van der Waals surface area contributed by atoms with Crippen LogP contribution in [0.4, 0.5) is 0 Å². The average Bonchev–Trinajstić information content (AvgIpc) is 2.65. The first-order chi connectivity index (χ1) is 13.2. The third-order valence-electron chi connectivity index (χ3n) is 4.65. The van der Waals surface area contributed by atoms with E-state index in [9.17, 15) is 35.1 Å². The van der Waals surface area contributed by atoms with E-state index < -0.39 is 73.9 Å². The van der Waals surface area contributed by atoms with Crippen molar-refractivity contribution in [3.63, 3.8) is 0 Å². The number of aldehydes is 1. The molecule has 2 aliphatic heterocycles. The predicted octanol–water partition coefficient (Wildman–Crippen LogP) is -4.00. The second kappa shape index (κ2) is 10.0. The third kappa shape index (κ3) is 5.03. The van der Waals surface area contributed by atoms with Crippen LogP contribution < -0.4 is 5.32 Å². The van der Waals surface area contributed by atoms with Crippen molar-refractivity contribution in [2.24, 2.45) is 0 Å². The molecule has 10 unspecified atom stereocenters. The second-order valence-electron chi connectivity index (χ2n) is 6.72. The molecule has 162 valence electrons. The lowest BCUT2D eigenvalue weighted by molar-refractivity contribution is -0.340. The zero-order valence-corrected chi connectivity index (χ0v) is 15.5. The molecule has 2 aliphatic rings. The van der Waals surface area contributed by atoms with Crippen molar-refractivity contribution in [1.82, 2.24) is 5.32 Å². The summed E-state index contributed by atoms with van der Waals surface area (Å²) in [5.41, 5.74) is 0. The highest BCUT2D eigenvalue weighted by atomic mass is 16.7. The van der Waals surface area contributed by atoms with Crippen LogP contribution in [0.25, 0.3) is 0 Å². The molecule has 6 N–H and O–H groups in total. The maximum Gasteiger partial charge on any atom is 0.217 e. The minimum atomic E-state index is -1.65. The Hall–Kier alpha value is -1.22. The Balaban J connectivity index is 2.26. The van der Waals surface area contributed by atoms with Gasteiger partial charge in [-0.1, -0.05) is 0 Å². The van der Waals surface area contributed by atoms with Gasteiger partial charge in [0.25, 0.3) is 0 Å². The molecule has 12 nitrogen and oxygen atoms in total. The summed E-state index contributed by atoms with van der Waals surface area (Å²) in [5.74, 6) is -0.523. The number of nitrogens with one attached hydrogen (secondary N) is 1. The van der Waals surface area contributed by atoms with E-state index >= 15 is 0 Å². The van der Waals surface area contributed by atoms with E-state index in [-0.39, 0.29) is 6.61 Å². The Bertz CT molecular complexity index is 535. The maximum absolute atomic E-state index is 11.6. The van der Waals surface area contributed by atoms with E-state index in [0.29, 0.717) is 6.29 Å². The summed E-state index contributed by atoms with van der Waals surface area (Å²) in [7, 11) is 0. The molecule has 0 aliphatic carbocycles. The fourth-order valence-corrected chi connectivity index (χ4v) is 3.18. The summed E-state index contributed by atoms with van der Waals surface area (Å²) in [6.45, 7) is 1.65. The van der Waals surface area contributed by atoms with Crippen molar-refractivity contribution >= 4 is 12.2 Å². The van der Waals surface area contributed by atoms with Crippen molar-refractivity contribution < 1.29 is 54.1 Å². The first kappa shape index (κ1) is 23.1. The van der Waals surface area contributed by atoms with Crippen molar-refractivity contribution in [3.8, 4) is 0 Å². The first-order valence-corrected chi connectivity index (χ1v) is 8.83. The molecular weight excluding hydrogens is 382 g/mol. The highest BCUT2D eigenvalue weighted by Gasteiger charge is 2.51. The monoisotopic (exact) mass is 409 g/mol. The van der Waals surface area contributed by atoms with Crippen LogP contribution in [-0.4, -0.2) is 112 Å². The van der Waals surface area contributed by atoms with Gasteiger partial charge in [-0.05, 0) is 6.92 Å². The van der Waals surface area contributed by atoms with E-state index in [4.69, 9.17) is 18.9 Å². The molecule has 2 saturated heterocycles. The molecule has 10 atom stereocenters. The van der Waals surface area contributed by atoms with Gasteiger partial charge in [0.05, 0.1) is 12.7 Å². The molecular formula is C16H27NO11. The highest BCUT2D eigenvalue weighted by Crippen LogP contribution is 2.29. The molecule has 1 amide bonds. The minimum Gasteiger partial charge on any atom is -0.394 e. The summed E-state index contributed by atoms with van der Waals surface area (Å²) in [6.07, 6.45) is -11.7. The van der Waals surface area contributed by atoms with Crippen molar-refractivity contribution in [1.29, 1.82) is 0 Å². The summed E-state index contributed by atoms with van der Waals surface area (Å²) < 4.78 is 21.6.